The molecule has 2 aliphatic carbocycles. The van der Waals surface area contributed by atoms with Crippen molar-refractivity contribution in [2.24, 2.45) is 23.7 Å². The van der Waals surface area contributed by atoms with Crippen molar-refractivity contribution in [3.05, 3.63) is 0 Å². The maximum atomic E-state index is 2.40. The van der Waals surface area contributed by atoms with Gasteiger partial charge in [0.15, 0.2) is 0 Å². The summed E-state index contributed by atoms with van der Waals surface area (Å²) in [5.41, 5.74) is 0. The van der Waals surface area contributed by atoms with Crippen LogP contribution in [0.15, 0.2) is 0 Å². The second-order valence-corrected chi connectivity index (χ2v) is 7.23. The van der Waals surface area contributed by atoms with E-state index in [2.05, 4.69) is 27.7 Å². The molecule has 2 unspecified atom stereocenters. The SMILES string of the molecule is CC(C)C1CCCCC1.CC1CCCCCC1C. The molecule has 0 radical (unpaired) electrons. The van der Waals surface area contributed by atoms with Crippen molar-refractivity contribution in [1.29, 1.82) is 0 Å². The molecule has 0 N–H and O–H groups in total. The second kappa shape index (κ2) is 8.99. The van der Waals surface area contributed by atoms with E-state index in [0.29, 0.717) is 0 Å². The quantitative estimate of drug-likeness (QED) is 0.471. The Kier molecular flexibility index (Phi) is 8.02. The van der Waals surface area contributed by atoms with Gasteiger partial charge in [-0.25, -0.2) is 0 Å². The first kappa shape index (κ1) is 16.1. The van der Waals surface area contributed by atoms with Gasteiger partial charge in [0.05, 0.1) is 0 Å². The molecule has 108 valence electrons. The molecular weight excluding hydrogens is 216 g/mol. The first-order chi connectivity index (χ1) is 8.61. The molecule has 2 aliphatic rings. The summed E-state index contributed by atoms with van der Waals surface area (Å²) in [6.45, 7) is 9.51. The van der Waals surface area contributed by atoms with Crippen molar-refractivity contribution < 1.29 is 0 Å². The van der Waals surface area contributed by atoms with E-state index in [0.717, 1.165) is 23.7 Å². The van der Waals surface area contributed by atoms with Gasteiger partial charge in [-0.15, -0.1) is 0 Å². The first-order valence-electron chi connectivity index (χ1n) is 8.61. The normalized spacial score (nSPS) is 30.5. The summed E-state index contributed by atoms with van der Waals surface area (Å²) in [5.74, 6) is 3.98. The minimum Gasteiger partial charge on any atom is -0.0625 e. The van der Waals surface area contributed by atoms with Crippen molar-refractivity contribution in [1.82, 2.24) is 0 Å². The van der Waals surface area contributed by atoms with Gasteiger partial charge in [-0.05, 0) is 23.7 Å². The van der Waals surface area contributed by atoms with E-state index >= 15 is 0 Å². The Hall–Kier alpha value is 0. The van der Waals surface area contributed by atoms with Gasteiger partial charge in [-0.3, -0.25) is 0 Å². The molecular formula is C18H36. The molecule has 18 heavy (non-hydrogen) atoms. The van der Waals surface area contributed by atoms with Crippen LogP contribution in [0.25, 0.3) is 0 Å². The lowest BCUT2D eigenvalue weighted by Gasteiger charge is -2.24. The van der Waals surface area contributed by atoms with Gasteiger partial charge in [-0.1, -0.05) is 91.9 Å². The van der Waals surface area contributed by atoms with Crippen LogP contribution in [-0.4, -0.2) is 0 Å². The lowest BCUT2D eigenvalue weighted by Crippen LogP contribution is -2.12. The van der Waals surface area contributed by atoms with Crippen molar-refractivity contribution >= 4 is 0 Å². The number of hydrogen-bond acceptors (Lipinski definition) is 0. The Labute approximate surface area is 116 Å². The molecule has 2 atom stereocenters. The molecule has 0 aromatic carbocycles. The summed E-state index contributed by atoms with van der Waals surface area (Å²) in [4.78, 5) is 0. The Morgan fingerprint density at radius 1 is 0.611 bits per heavy atom. The van der Waals surface area contributed by atoms with Crippen LogP contribution in [0.5, 0.6) is 0 Å². The fraction of sp³-hybridized carbons (Fsp3) is 1.00. The summed E-state index contributed by atoms with van der Waals surface area (Å²) in [6, 6.07) is 0. The van der Waals surface area contributed by atoms with E-state index < -0.39 is 0 Å². The Balaban J connectivity index is 0.000000180. The smallest absolute Gasteiger partial charge is 0.0391 e. The fourth-order valence-electron chi connectivity index (χ4n) is 3.48. The van der Waals surface area contributed by atoms with Gasteiger partial charge in [0.2, 0.25) is 0 Å². The maximum Gasteiger partial charge on any atom is -0.0391 e. The minimum atomic E-state index is 0.935. The summed E-state index contributed by atoms with van der Waals surface area (Å²) in [5, 5.41) is 0. The molecule has 2 rings (SSSR count). The molecule has 0 aliphatic heterocycles. The van der Waals surface area contributed by atoms with Crippen molar-refractivity contribution in [2.75, 3.05) is 0 Å². The summed E-state index contributed by atoms with van der Waals surface area (Å²) in [6.07, 6.45) is 14.8. The average Bonchev–Trinajstić information content (AvgIpc) is 2.57. The van der Waals surface area contributed by atoms with Crippen LogP contribution in [0.2, 0.25) is 0 Å². The first-order valence-corrected chi connectivity index (χ1v) is 8.61. The van der Waals surface area contributed by atoms with Gasteiger partial charge < -0.3 is 0 Å². The molecule has 0 aromatic heterocycles. The topological polar surface area (TPSA) is 0 Å². The molecule has 0 bridgehead atoms. The zero-order chi connectivity index (χ0) is 13.4. The fourth-order valence-corrected chi connectivity index (χ4v) is 3.48. The molecule has 2 saturated carbocycles. The van der Waals surface area contributed by atoms with E-state index in [1.807, 2.05) is 0 Å². The van der Waals surface area contributed by atoms with E-state index in [1.54, 1.807) is 0 Å². The van der Waals surface area contributed by atoms with E-state index in [-0.39, 0.29) is 0 Å². The summed E-state index contributed by atoms with van der Waals surface area (Å²) < 4.78 is 0. The highest BCUT2D eigenvalue weighted by atomic mass is 14.2. The van der Waals surface area contributed by atoms with Crippen LogP contribution in [0.4, 0.5) is 0 Å². The van der Waals surface area contributed by atoms with Crippen LogP contribution in [0, 0.1) is 23.7 Å². The highest BCUT2D eigenvalue weighted by Gasteiger charge is 2.15. The Morgan fingerprint density at radius 3 is 1.33 bits per heavy atom. The molecule has 0 amide bonds. The lowest BCUT2D eigenvalue weighted by atomic mass is 9.82. The molecule has 0 heteroatoms. The van der Waals surface area contributed by atoms with Gasteiger partial charge in [0, 0.05) is 0 Å². The van der Waals surface area contributed by atoms with Gasteiger partial charge >= 0.3 is 0 Å². The van der Waals surface area contributed by atoms with Gasteiger partial charge in [-0.2, -0.15) is 0 Å². The van der Waals surface area contributed by atoms with E-state index in [4.69, 9.17) is 0 Å². The minimum absolute atomic E-state index is 0.935. The van der Waals surface area contributed by atoms with Crippen LogP contribution in [0.3, 0.4) is 0 Å². The molecule has 0 spiro atoms. The zero-order valence-electron chi connectivity index (χ0n) is 13.4. The number of hydrogen-bond donors (Lipinski definition) is 0. The summed E-state index contributed by atoms with van der Waals surface area (Å²) >= 11 is 0. The highest BCUT2D eigenvalue weighted by molar-refractivity contribution is 4.68. The van der Waals surface area contributed by atoms with Crippen molar-refractivity contribution in [3.8, 4) is 0 Å². The Bertz CT molecular complexity index is 178. The van der Waals surface area contributed by atoms with Crippen LogP contribution < -0.4 is 0 Å². The predicted octanol–water partition coefficient (Wildman–Crippen LogP) is 6.45. The molecule has 0 aromatic rings. The van der Waals surface area contributed by atoms with Crippen molar-refractivity contribution in [3.63, 3.8) is 0 Å². The maximum absolute atomic E-state index is 2.40. The van der Waals surface area contributed by atoms with Gasteiger partial charge in [0.1, 0.15) is 0 Å². The third-order valence-electron chi connectivity index (χ3n) is 5.38. The lowest BCUT2D eigenvalue weighted by molar-refractivity contribution is 0.279. The number of rotatable bonds is 1. The van der Waals surface area contributed by atoms with Crippen LogP contribution in [-0.2, 0) is 0 Å². The Morgan fingerprint density at radius 2 is 1.00 bits per heavy atom. The van der Waals surface area contributed by atoms with E-state index in [9.17, 15) is 0 Å². The largest absolute Gasteiger partial charge is 0.0625 e. The van der Waals surface area contributed by atoms with Gasteiger partial charge in [0.25, 0.3) is 0 Å². The average molecular weight is 252 g/mol. The molecule has 2 fully saturated rings. The van der Waals surface area contributed by atoms with Crippen molar-refractivity contribution in [2.45, 2.75) is 91.9 Å². The van der Waals surface area contributed by atoms with Crippen LogP contribution in [0.1, 0.15) is 91.9 Å². The third kappa shape index (κ3) is 6.25. The predicted molar refractivity (Wildman–Crippen MR) is 82.8 cm³/mol. The molecule has 0 heterocycles. The van der Waals surface area contributed by atoms with E-state index in [1.165, 1.54) is 64.2 Å². The molecule has 0 saturated heterocycles. The van der Waals surface area contributed by atoms with Crippen LogP contribution >= 0.6 is 0 Å². The molecule has 0 nitrogen and oxygen atoms in total. The zero-order valence-corrected chi connectivity index (χ0v) is 13.4. The standard InChI is InChI=1S/2C9H18/c1-8-6-4-3-5-7-9(8)2;1-8(2)9-6-4-3-5-7-9/h2*8-9H,3-7H2,1-2H3. The monoisotopic (exact) mass is 252 g/mol. The highest BCUT2D eigenvalue weighted by Crippen LogP contribution is 2.29. The second-order valence-electron chi connectivity index (χ2n) is 7.23. The third-order valence-corrected chi connectivity index (χ3v) is 5.38. The summed E-state index contributed by atoms with van der Waals surface area (Å²) in [7, 11) is 0.